The number of amides is 1. The number of alkyl halides is 2. The maximum Gasteiger partial charge on any atom is 0.257 e. The molecule has 1 aromatic carbocycles. The van der Waals surface area contributed by atoms with Crippen LogP contribution in [0.1, 0.15) is 18.5 Å². The minimum absolute atomic E-state index is 0.252. The van der Waals surface area contributed by atoms with Gasteiger partial charge in [-0.2, -0.15) is 0 Å². The van der Waals surface area contributed by atoms with Crippen molar-refractivity contribution in [2.24, 2.45) is 5.73 Å². The van der Waals surface area contributed by atoms with Gasteiger partial charge in [0.05, 0.1) is 6.04 Å². The first-order valence-corrected chi connectivity index (χ1v) is 4.42. The second-order valence-electron chi connectivity index (χ2n) is 3.17. The first kappa shape index (κ1) is 11.6. The summed E-state index contributed by atoms with van der Waals surface area (Å²) in [5.41, 5.74) is 6.05. The van der Waals surface area contributed by atoms with Crippen molar-refractivity contribution >= 4 is 11.6 Å². The van der Waals surface area contributed by atoms with Gasteiger partial charge >= 0.3 is 0 Å². The smallest absolute Gasteiger partial charge is 0.257 e. The Hall–Kier alpha value is -1.49. The Morgan fingerprint density at radius 2 is 2.13 bits per heavy atom. The molecular formula is C10H12F2N2O. The van der Waals surface area contributed by atoms with Gasteiger partial charge in [-0.15, -0.1) is 0 Å². The zero-order valence-corrected chi connectivity index (χ0v) is 8.21. The molecule has 0 heterocycles. The molecular weight excluding hydrogens is 202 g/mol. The molecule has 3 N–H and O–H groups in total. The minimum Gasteiger partial charge on any atom is -0.326 e. The van der Waals surface area contributed by atoms with Crippen molar-refractivity contribution in [3.05, 3.63) is 29.8 Å². The molecule has 1 aromatic rings. The van der Waals surface area contributed by atoms with E-state index >= 15 is 0 Å². The normalized spacial score (nSPS) is 12.6. The average molecular weight is 214 g/mol. The summed E-state index contributed by atoms with van der Waals surface area (Å²) in [6, 6.07) is 4.81. The maximum atomic E-state index is 12.3. The lowest BCUT2D eigenvalue weighted by molar-refractivity contribution is -0.114. The average Bonchev–Trinajstić information content (AvgIpc) is 2.16. The predicted molar refractivity (Wildman–Crippen MR) is 53.7 cm³/mol. The highest BCUT2D eigenvalue weighted by molar-refractivity contribution is 5.88. The van der Waals surface area contributed by atoms with Crippen molar-refractivity contribution in [1.29, 1.82) is 0 Å². The molecule has 0 spiro atoms. The minimum atomic E-state index is -2.61. The number of nitrogens with one attached hydrogen (secondary N) is 1. The molecule has 82 valence electrons. The van der Waals surface area contributed by atoms with Crippen molar-refractivity contribution in [2.75, 3.05) is 5.32 Å². The van der Waals surface area contributed by atoms with Crippen LogP contribution in [0.5, 0.6) is 0 Å². The van der Waals surface area contributed by atoms with Crippen LogP contribution in [0.2, 0.25) is 0 Å². The summed E-state index contributed by atoms with van der Waals surface area (Å²) >= 11 is 0. The van der Waals surface area contributed by atoms with Gasteiger partial charge < -0.3 is 11.1 Å². The topological polar surface area (TPSA) is 55.1 Å². The highest BCUT2D eigenvalue weighted by Crippen LogP contribution is 2.20. The number of anilines is 1. The van der Waals surface area contributed by atoms with Gasteiger partial charge in [0.2, 0.25) is 5.91 Å². The Labute approximate surface area is 86.3 Å². The van der Waals surface area contributed by atoms with Gasteiger partial charge in [0.1, 0.15) is 0 Å². The molecule has 5 heteroatoms. The molecule has 0 saturated heterocycles. The van der Waals surface area contributed by atoms with E-state index in [4.69, 9.17) is 5.73 Å². The number of benzene rings is 1. The number of nitrogens with two attached hydrogens (primary N) is 1. The molecule has 0 aliphatic rings. The standard InChI is InChI=1S/C10H12F2N2O/c1-6(15)14-8-4-2-3-7(5-8)9(13)10(11)12/h2-5,9-10H,13H2,1H3,(H,14,15). The van der Waals surface area contributed by atoms with Crippen LogP contribution in [0.25, 0.3) is 0 Å². The predicted octanol–water partition coefficient (Wildman–Crippen LogP) is 1.91. The van der Waals surface area contributed by atoms with E-state index in [1.165, 1.54) is 19.1 Å². The molecule has 1 atom stereocenters. The Morgan fingerprint density at radius 3 is 2.67 bits per heavy atom. The largest absolute Gasteiger partial charge is 0.326 e. The first-order valence-electron chi connectivity index (χ1n) is 4.42. The van der Waals surface area contributed by atoms with Gasteiger partial charge in [-0.25, -0.2) is 8.78 Å². The van der Waals surface area contributed by atoms with Gasteiger partial charge in [0.25, 0.3) is 6.43 Å². The van der Waals surface area contributed by atoms with Crippen LogP contribution >= 0.6 is 0 Å². The zero-order valence-electron chi connectivity index (χ0n) is 8.21. The molecule has 0 aliphatic heterocycles. The fourth-order valence-corrected chi connectivity index (χ4v) is 1.17. The van der Waals surface area contributed by atoms with E-state index in [2.05, 4.69) is 5.32 Å². The maximum absolute atomic E-state index is 12.3. The van der Waals surface area contributed by atoms with Crippen molar-refractivity contribution in [3.63, 3.8) is 0 Å². The van der Waals surface area contributed by atoms with Crippen LogP contribution in [0.15, 0.2) is 24.3 Å². The highest BCUT2D eigenvalue weighted by atomic mass is 19.3. The molecule has 0 radical (unpaired) electrons. The third-order valence-corrected chi connectivity index (χ3v) is 1.86. The SMILES string of the molecule is CC(=O)Nc1cccc(C(N)C(F)F)c1. The molecule has 3 nitrogen and oxygen atoms in total. The second kappa shape index (κ2) is 4.84. The van der Waals surface area contributed by atoms with E-state index in [1.54, 1.807) is 12.1 Å². The summed E-state index contributed by atoms with van der Waals surface area (Å²) in [4.78, 5) is 10.7. The molecule has 1 amide bonds. The summed E-state index contributed by atoms with van der Waals surface area (Å²) in [5, 5.41) is 2.50. The Kier molecular flexibility index (Phi) is 3.74. The number of carbonyl (C=O) groups is 1. The van der Waals surface area contributed by atoms with Crippen LogP contribution in [-0.4, -0.2) is 12.3 Å². The lowest BCUT2D eigenvalue weighted by atomic mass is 10.1. The molecule has 0 aromatic heterocycles. The second-order valence-corrected chi connectivity index (χ2v) is 3.17. The summed E-state index contributed by atoms with van der Waals surface area (Å²) in [6.07, 6.45) is -2.61. The fraction of sp³-hybridized carbons (Fsp3) is 0.300. The van der Waals surface area contributed by atoms with Crippen LogP contribution in [0.3, 0.4) is 0 Å². The number of halogens is 2. The van der Waals surface area contributed by atoms with E-state index in [1.807, 2.05) is 0 Å². The van der Waals surface area contributed by atoms with Gasteiger partial charge in [-0.1, -0.05) is 12.1 Å². The van der Waals surface area contributed by atoms with E-state index in [9.17, 15) is 13.6 Å². The lowest BCUT2D eigenvalue weighted by Crippen LogP contribution is -2.19. The summed E-state index contributed by atoms with van der Waals surface area (Å²) in [6.45, 7) is 1.35. The van der Waals surface area contributed by atoms with Crippen LogP contribution in [0, 0.1) is 0 Å². The number of hydrogen-bond acceptors (Lipinski definition) is 2. The molecule has 0 aliphatic carbocycles. The van der Waals surface area contributed by atoms with Gasteiger partial charge in [0, 0.05) is 12.6 Å². The van der Waals surface area contributed by atoms with Gasteiger partial charge in [-0.3, -0.25) is 4.79 Å². The van der Waals surface area contributed by atoms with Crippen molar-refractivity contribution in [3.8, 4) is 0 Å². The lowest BCUT2D eigenvalue weighted by Gasteiger charge is -2.12. The van der Waals surface area contributed by atoms with Crippen LogP contribution < -0.4 is 11.1 Å². The molecule has 0 fully saturated rings. The summed E-state index contributed by atoms with van der Waals surface area (Å²) in [7, 11) is 0. The molecule has 1 unspecified atom stereocenters. The third-order valence-electron chi connectivity index (χ3n) is 1.86. The summed E-state index contributed by atoms with van der Waals surface area (Å²) < 4.78 is 24.6. The Morgan fingerprint density at radius 1 is 1.47 bits per heavy atom. The highest BCUT2D eigenvalue weighted by Gasteiger charge is 2.17. The first-order chi connectivity index (χ1) is 7.00. The molecule has 15 heavy (non-hydrogen) atoms. The van der Waals surface area contributed by atoms with E-state index in [0.29, 0.717) is 11.3 Å². The Balaban J connectivity index is 2.87. The molecule has 0 saturated carbocycles. The van der Waals surface area contributed by atoms with Crippen LogP contribution in [0.4, 0.5) is 14.5 Å². The fourth-order valence-electron chi connectivity index (χ4n) is 1.17. The van der Waals surface area contributed by atoms with Gasteiger partial charge in [0.15, 0.2) is 0 Å². The van der Waals surface area contributed by atoms with Gasteiger partial charge in [-0.05, 0) is 17.7 Å². The van der Waals surface area contributed by atoms with Crippen molar-refractivity contribution in [1.82, 2.24) is 0 Å². The quantitative estimate of drug-likeness (QED) is 0.807. The Bertz CT molecular complexity index is 355. The molecule has 1 rings (SSSR count). The monoisotopic (exact) mass is 214 g/mol. The number of hydrogen-bond donors (Lipinski definition) is 2. The zero-order chi connectivity index (χ0) is 11.4. The molecule has 0 bridgehead atoms. The van der Waals surface area contributed by atoms with E-state index in [0.717, 1.165) is 0 Å². The van der Waals surface area contributed by atoms with E-state index < -0.39 is 12.5 Å². The van der Waals surface area contributed by atoms with E-state index in [-0.39, 0.29) is 5.91 Å². The van der Waals surface area contributed by atoms with Crippen molar-refractivity contribution in [2.45, 2.75) is 19.4 Å². The third kappa shape index (κ3) is 3.28. The summed E-state index contributed by atoms with van der Waals surface area (Å²) in [5.74, 6) is -0.252. The number of carbonyl (C=O) groups excluding carboxylic acids is 1. The van der Waals surface area contributed by atoms with Crippen molar-refractivity contribution < 1.29 is 13.6 Å². The van der Waals surface area contributed by atoms with Crippen LogP contribution in [-0.2, 0) is 4.79 Å². The number of rotatable bonds is 3.